The zero-order chi connectivity index (χ0) is 20.3. The normalized spacial score (nSPS) is 14.8. The number of hydrogen-bond acceptors (Lipinski definition) is 5. The Morgan fingerprint density at radius 3 is 2.50 bits per heavy atom. The van der Waals surface area contributed by atoms with Crippen molar-refractivity contribution in [2.24, 2.45) is 0 Å². The SMILES string of the molecule is CN1CCN(c2ccc(C(=O)NCc3ccc(Cl)cc3Cl)cc2[N+](=O)[O-])CC1. The number of likely N-dealkylation sites (N-methyl/N-ethyl adjacent to an activating group) is 1. The Labute approximate surface area is 173 Å². The second-order valence-electron chi connectivity index (χ2n) is 6.67. The molecule has 0 saturated carbocycles. The van der Waals surface area contributed by atoms with Gasteiger partial charge in [0.05, 0.1) is 4.92 Å². The standard InChI is InChI=1S/C19H20Cl2N4O3/c1-23-6-8-24(9-7-23)17-5-3-13(10-18(17)25(27)28)19(26)22-12-14-2-4-15(20)11-16(14)21/h2-5,10-11H,6-9,12H2,1H3,(H,22,26). The molecule has 9 heteroatoms. The summed E-state index contributed by atoms with van der Waals surface area (Å²) in [6.07, 6.45) is 0. The molecule has 1 fully saturated rings. The van der Waals surface area contributed by atoms with E-state index in [9.17, 15) is 14.9 Å². The van der Waals surface area contributed by atoms with Crippen molar-refractivity contribution in [2.45, 2.75) is 6.54 Å². The summed E-state index contributed by atoms with van der Waals surface area (Å²) in [7, 11) is 2.02. The van der Waals surface area contributed by atoms with Gasteiger partial charge in [0.25, 0.3) is 11.6 Å². The summed E-state index contributed by atoms with van der Waals surface area (Å²) < 4.78 is 0. The lowest BCUT2D eigenvalue weighted by atomic mass is 10.1. The third-order valence-corrected chi connectivity index (χ3v) is 5.32. The highest BCUT2D eigenvalue weighted by Crippen LogP contribution is 2.30. The van der Waals surface area contributed by atoms with Crippen molar-refractivity contribution in [2.75, 3.05) is 38.1 Å². The van der Waals surface area contributed by atoms with E-state index in [1.165, 1.54) is 6.07 Å². The van der Waals surface area contributed by atoms with Gasteiger partial charge in [-0.15, -0.1) is 0 Å². The molecule has 1 heterocycles. The van der Waals surface area contributed by atoms with Gasteiger partial charge in [-0.3, -0.25) is 14.9 Å². The average Bonchev–Trinajstić information content (AvgIpc) is 2.67. The first-order valence-corrected chi connectivity index (χ1v) is 9.55. The summed E-state index contributed by atoms with van der Waals surface area (Å²) in [5.74, 6) is -0.404. The molecular formula is C19H20Cl2N4O3. The van der Waals surface area contributed by atoms with Crippen molar-refractivity contribution in [3.8, 4) is 0 Å². The summed E-state index contributed by atoms with van der Waals surface area (Å²) in [4.78, 5) is 27.8. The van der Waals surface area contributed by atoms with Crippen molar-refractivity contribution in [3.63, 3.8) is 0 Å². The van der Waals surface area contributed by atoms with E-state index in [4.69, 9.17) is 23.2 Å². The molecule has 1 aliphatic heterocycles. The maximum atomic E-state index is 12.5. The van der Waals surface area contributed by atoms with Gasteiger partial charge in [-0.1, -0.05) is 29.3 Å². The Hall–Kier alpha value is -2.35. The predicted octanol–water partition coefficient (Wildman–Crippen LogP) is 3.58. The molecule has 7 nitrogen and oxygen atoms in total. The number of anilines is 1. The molecule has 148 valence electrons. The highest BCUT2D eigenvalue weighted by atomic mass is 35.5. The minimum Gasteiger partial charge on any atom is -0.363 e. The van der Waals surface area contributed by atoms with Crippen molar-refractivity contribution in [3.05, 3.63) is 67.7 Å². The zero-order valence-corrected chi connectivity index (χ0v) is 16.8. The van der Waals surface area contributed by atoms with Crippen molar-refractivity contribution in [1.29, 1.82) is 0 Å². The second-order valence-corrected chi connectivity index (χ2v) is 7.51. The van der Waals surface area contributed by atoms with Gasteiger partial charge >= 0.3 is 0 Å². The number of halogens is 2. The van der Waals surface area contributed by atoms with Gasteiger partial charge in [0.15, 0.2) is 0 Å². The minimum atomic E-state index is -0.444. The molecule has 0 unspecified atom stereocenters. The first-order chi connectivity index (χ1) is 13.3. The van der Waals surface area contributed by atoms with Gasteiger partial charge in [0.2, 0.25) is 0 Å². The number of nitrogens with one attached hydrogen (secondary N) is 1. The molecule has 1 saturated heterocycles. The molecule has 2 aromatic rings. The van der Waals surface area contributed by atoms with Crippen LogP contribution in [0.5, 0.6) is 0 Å². The van der Waals surface area contributed by atoms with Gasteiger partial charge in [0, 0.05) is 54.4 Å². The van der Waals surface area contributed by atoms with Crippen LogP contribution in [0.1, 0.15) is 15.9 Å². The van der Waals surface area contributed by atoms with Gasteiger partial charge in [-0.2, -0.15) is 0 Å². The summed E-state index contributed by atoms with van der Waals surface area (Å²) in [5, 5.41) is 15.3. The molecule has 1 N–H and O–H groups in total. The highest BCUT2D eigenvalue weighted by Gasteiger charge is 2.24. The molecule has 2 aromatic carbocycles. The van der Waals surface area contributed by atoms with Crippen LogP contribution in [0.25, 0.3) is 0 Å². The predicted molar refractivity (Wildman–Crippen MR) is 110 cm³/mol. The van der Waals surface area contributed by atoms with E-state index in [1.54, 1.807) is 30.3 Å². The van der Waals surface area contributed by atoms with Crippen LogP contribution in [0.15, 0.2) is 36.4 Å². The molecule has 28 heavy (non-hydrogen) atoms. The second kappa shape index (κ2) is 8.77. The first kappa shape index (κ1) is 20.4. The number of hydrogen-bond donors (Lipinski definition) is 1. The lowest BCUT2D eigenvalue weighted by Gasteiger charge is -2.33. The fourth-order valence-electron chi connectivity index (χ4n) is 3.07. The topological polar surface area (TPSA) is 78.7 Å². The van der Waals surface area contributed by atoms with Crippen LogP contribution in [0.4, 0.5) is 11.4 Å². The zero-order valence-electron chi connectivity index (χ0n) is 15.3. The number of amides is 1. The molecule has 1 amide bonds. The number of nitrogens with zero attached hydrogens (tertiary/aromatic N) is 3. The fourth-order valence-corrected chi connectivity index (χ4v) is 3.54. The molecule has 0 spiro atoms. The van der Waals surface area contributed by atoms with E-state index in [1.807, 2.05) is 11.9 Å². The number of carbonyl (C=O) groups excluding carboxylic acids is 1. The molecule has 0 aliphatic carbocycles. The van der Waals surface area contributed by atoms with E-state index in [-0.39, 0.29) is 17.8 Å². The average molecular weight is 423 g/mol. The third-order valence-electron chi connectivity index (χ3n) is 4.73. The minimum absolute atomic E-state index is 0.0678. The number of piperazine rings is 1. The Morgan fingerprint density at radius 2 is 1.86 bits per heavy atom. The summed E-state index contributed by atoms with van der Waals surface area (Å²) in [6.45, 7) is 3.28. The number of nitro benzene ring substituents is 1. The van der Waals surface area contributed by atoms with E-state index in [0.29, 0.717) is 34.4 Å². The van der Waals surface area contributed by atoms with Crippen LogP contribution in [-0.2, 0) is 6.54 Å². The molecule has 1 aliphatic rings. The van der Waals surface area contributed by atoms with E-state index in [0.717, 1.165) is 13.1 Å². The third kappa shape index (κ3) is 4.73. The molecule has 0 bridgehead atoms. The number of carbonyl (C=O) groups is 1. The smallest absolute Gasteiger partial charge is 0.293 e. The molecule has 3 rings (SSSR count). The van der Waals surface area contributed by atoms with E-state index in [2.05, 4.69) is 10.2 Å². The molecule has 0 atom stereocenters. The largest absolute Gasteiger partial charge is 0.363 e. The van der Waals surface area contributed by atoms with Crippen molar-refractivity contribution < 1.29 is 9.72 Å². The lowest BCUT2D eigenvalue weighted by Crippen LogP contribution is -2.44. The van der Waals surface area contributed by atoms with Gasteiger partial charge < -0.3 is 15.1 Å². The quantitative estimate of drug-likeness (QED) is 0.588. The Balaban J connectivity index is 1.75. The van der Waals surface area contributed by atoms with Crippen LogP contribution in [0.3, 0.4) is 0 Å². The van der Waals surface area contributed by atoms with E-state index >= 15 is 0 Å². The van der Waals surface area contributed by atoms with Crippen molar-refractivity contribution >= 4 is 40.5 Å². The monoisotopic (exact) mass is 422 g/mol. The van der Waals surface area contributed by atoms with Crippen LogP contribution in [0, 0.1) is 10.1 Å². The maximum Gasteiger partial charge on any atom is 0.293 e. The lowest BCUT2D eigenvalue weighted by molar-refractivity contribution is -0.384. The number of benzene rings is 2. The number of rotatable bonds is 5. The van der Waals surface area contributed by atoms with Crippen LogP contribution < -0.4 is 10.2 Å². The first-order valence-electron chi connectivity index (χ1n) is 8.79. The van der Waals surface area contributed by atoms with Gasteiger partial charge in [0.1, 0.15) is 5.69 Å². The molecule has 0 radical (unpaired) electrons. The number of nitro groups is 1. The van der Waals surface area contributed by atoms with E-state index < -0.39 is 10.8 Å². The molecular weight excluding hydrogens is 403 g/mol. The van der Waals surface area contributed by atoms with Crippen molar-refractivity contribution in [1.82, 2.24) is 10.2 Å². The van der Waals surface area contributed by atoms with Crippen LogP contribution in [-0.4, -0.2) is 49.0 Å². The Bertz CT molecular complexity index is 899. The maximum absolute atomic E-state index is 12.5. The van der Waals surface area contributed by atoms with Gasteiger partial charge in [-0.05, 0) is 36.9 Å². The summed E-state index contributed by atoms with van der Waals surface area (Å²) in [5.41, 5.74) is 1.41. The van der Waals surface area contributed by atoms with Crippen LogP contribution >= 0.6 is 23.2 Å². The highest BCUT2D eigenvalue weighted by molar-refractivity contribution is 6.35. The molecule has 0 aromatic heterocycles. The Morgan fingerprint density at radius 1 is 1.14 bits per heavy atom. The van der Waals surface area contributed by atoms with Gasteiger partial charge in [-0.25, -0.2) is 0 Å². The fraction of sp³-hybridized carbons (Fsp3) is 0.316. The Kier molecular flexibility index (Phi) is 6.39. The van der Waals surface area contributed by atoms with Crippen LogP contribution in [0.2, 0.25) is 10.0 Å². The summed E-state index contributed by atoms with van der Waals surface area (Å²) in [6, 6.07) is 9.59. The summed E-state index contributed by atoms with van der Waals surface area (Å²) >= 11 is 12.0.